The summed E-state index contributed by atoms with van der Waals surface area (Å²) in [6, 6.07) is 4.23. The lowest BCUT2D eigenvalue weighted by Gasteiger charge is -2.34. The Morgan fingerprint density at radius 1 is 1.14 bits per heavy atom. The van der Waals surface area contributed by atoms with Crippen molar-refractivity contribution < 1.29 is 4.79 Å². The summed E-state index contributed by atoms with van der Waals surface area (Å²) in [5.41, 5.74) is 0.512. The molecule has 6 nitrogen and oxygen atoms in total. The molecule has 0 bridgehead atoms. The summed E-state index contributed by atoms with van der Waals surface area (Å²) in [7, 11) is 0. The number of urea groups is 1. The second kappa shape index (κ2) is 8.05. The second-order valence-corrected chi connectivity index (χ2v) is 9.41. The van der Waals surface area contributed by atoms with Gasteiger partial charge in [-0.1, -0.05) is 32.1 Å². The number of aromatic nitrogens is 1. The largest absolute Gasteiger partial charge is 0.328 e. The molecule has 5 rings (SSSR count). The molecule has 3 heterocycles. The lowest BCUT2D eigenvalue weighted by atomic mass is 9.89. The monoisotopic (exact) mass is 395 g/mol. The van der Waals surface area contributed by atoms with Crippen LogP contribution in [0.2, 0.25) is 0 Å². The van der Waals surface area contributed by atoms with E-state index < -0.39 is 0 Å². The van der Waals surface area contributed by atoms with Crippen LogP contribution in [0, 0.1) is 5.92 Å². The molecule has 4 aliphatic rings. The van der Waals surface area contributed by atoms with Gasteiger partial charge in [0.2, 0.25) is 0 Å². The smallest absolute Gasteiger partial charge is 0.300 e. The van der Waals surface area contributed by atoms with Crippen LogP contribution in [0.1, 0.15) is 64.2 Å². The first-order valence-corrected chi connectivity index (χ1v) is 11.6. The molecule has 4 fully saturated rings. The Labute approximate surface area is 173 Å². The van der Waals surface area contributed by atoms with Crippen LogP contribution in [0.5, 0.6) is 0 Å². The predicted molar refractivity (Wildman–Crippen MR) is 115 cm³/mol. The number of hydrogen-bond donors (Lipinski definition) is 1. The molecule has 2 saturated carbocycles. The average molecular weight is 396 g/mol. The Bertz CT molecular complexity index is 754. The number of carbonyl (C=O) groups excluding carboxylic acids is 1. The van der Waals surface area contributed by atoms with E-state index in [-0.39, 0.29) is 11.6 Å². The molecule has 1 aromatic rings. The van der Waals surface area contributed by atoms with Crippen LogP contribution < -0.4 is 10.2 Å². The fourth-order valence-electron chi connectivity index (χ4n) is 5.93. The first-order valence-electron chi connectivity index (χ1n) is 11.6. The minimum atomic E-state index is -0.364. The van der Waals surface area contributed by atoms with Crippen LogP contribution in [0.15, 0.2) is 29.5 Å². The summed E-state index contributed by atoms with van der Waals surface area (Å²) in [5.74, 6) is 1.72. The molecular weight excluding hydrogens is 362 g/mol. The maximum atomic E-state index is 13.1. The van der Waals surface area contributed by atoms with Gasteiger partial charge >= 0.3 is 6.03 Å². The van der Waals surface area contributed by atoms with Crippen LogP contribution in [-0.4, -0.2) is 53.0 Å². The number of pyridine rings is 1. The van der Waals surface area contributed by atoms with Crippen LogP contribution >= 0.6 is 0 Å². The quantitative estimate of drug-likeness (QED) is 0.839. The van der Waals surface area contributed by atoms with E-state index in [2.05, 4.69) is 15.2 Å². The van der Waals surface area contributed by atoms with Crippen molar-refractivity contribution in [1.82, 2.24) is 15.2 Å². The average Bonchev–Trinajstić information content (AvgIpc) is 3.45. The molecule has 2 aliphatic carbocycles. The Hall–Kier alpha value is -1.95. The van der Waals surface area contributed by atoms with E-state index in [0.717, 1.165) is 56.3 Å². The number of hydrogen-bond acceptors (Lipinski definition) is 4. The van der Waals surface area contributed by atoms with E-state index in [1.807, 2.05) is 23.2 Å². The number of rotatable bonds is 4. The number of aliphatic imine (C=N–C) groups is 1. The maximum absolute atomic E-state index is 13.1. The van der Waals surface area contributed by atoms with Gasteiger partial charge in [-0.25, -0.2) is 4.79 Å². The van der Waals surface area contributed by atoms with Crippen molar-refractivity contribution in [3.8, 4) is 0 Å². The molecule has 1 unspecified atom stereocenters. The van der Waals surface area contributed by atoms with Gasteiger partial charge in [0, 0.05) is 25.8 Å². The Kier molecular flexibility index (Phi) is 5.29. The minimum absolute atomic E-state index is 0.0470. The fourth-order valence-corrected chi connectivity index (χ4v) is 5.93. The summed E-state index contributed by atoms with van der Waals surface area (Å²) in [5, 5.41) is 3.17. The normalized spacial score (nSPS) is 30.7. The molecular formula is C23H33N5O. The molecule has 29 heavy (non-hydrogen) atoms. The third-order valence-corrected chi connectivity index (χ3v) is 7.41. The lowest BCUT2D eigenvalue weighted by Crippen LogP contribution is -2.52. The Morgan fingerprint density at radius 3 is 2.69 bits per heavy atom. The zero-order chi connectivity index (χ0) is 19.7. The van der Waals surface area contributed by atoms with Gasteiger partial charge in [0.05, 0.1) is 17.9 Å². The molecule has 0 radical (unpaired) electrons. The second-order valence-electron chi connectivity index (χ2n) is 9.41. The van der Waals surface area contributed by atoms with Crippen LogP contribution in [0.4, 0.5) is 10.5 Å². The zero-order valence-electron chi connectivity index (χ0n) is 17.4. The molecule has 2 amide bonds. The van der Waals surface area contributed by atoms with Crippen LogP contribution in [0.3, 0.4) is 0 Å². The van der Waals surface area contributed by atoms with Crippen molar-refractivity contribution >= 4 is 17.6 Å². The predicted octanol–water partition coefficient (Wildman–Crippen LogP) is 3.98. The zero-order valence-corrected chi connectivity index (χ0v) is 17.4. The van der Waals surface area contributed by atoms with E-state index in [1.165, 1.54) is 44.9 Å². The van der Waals surface area contributed by atoms with Crippen molar-refractivity contribution in [2.45, 2.75) is 75.8 Å². The summed E-state index contributed by atoms with van der Waals surface area (Å²) in [6.45, 7) is 3.07. The van der Waals surface area contributed by atoms with Gasteiger partial charge in [-0.15, -0.1) is 0 Å². The number of likely N-dealkylation sites (tertiary alicyclic amines) is 1. The SMILES string of the molecule is O=C1NC(=NC2CCCC2)C2(CCN(CC3CCCCC3)C2)N1c1cccnc1. The van der Waals surface area contributed by atoms with Gasteiger partial charge in [-0.05, 0) is 50.2 Å². The van der Waals surface area contributed by atoms with E-state index in [1.54, 1.807) is 6.20 Å². The maximum Gasteiger partial charge on any atom is 0.328 e. The van der Waals surface area contributed by atoms with Crippen molar-refractivity contribution in [3.63, 3.8) is 0 Å². The van der Waals surface area contributed by atoms with E-state index >= 15 is 0 Å². The highest BCUT2D eigenvalue weighted by molar-refractivity contribution is 6.19. The molecule has 0 aromatic carbocycles. The number of anilines is 1. The van der Waals surface area contributed by atoms with Crippen molar-refractivity contribution in [3.05, 3.63) is 24.5 Å². The van der Waals surface area contributed by atoms with Crippen molar-refractivity contribution in [2.75, 3.05) is 24.5 Å². The highest BCUT2D eigenvalue weighted by Crippen LogP contribution is 2.38. The lowest BCUT2D eigenvalue weighted by molar-refractivity contribution is 0.228. The van der Waals surface area contributed by atoms with E-state index in [0.29, 0.717) is 6.04 Å². The van der Waals surface area contributed by atoms with Crippen LogP contribution in [-0.2, 0) is 0 Å². The molecule has 1 aromatic heterocycles. The van der Waals surface area contributed by atoms with Crippen LogP contribution in [0.25, 0.3) is 0 Å². The number of nitrogens with zero attached hydrogens (tertiary/aromatic N) is 4. The van der Waals surface area contributed by atoms with Gasteiger partial charge in [0.25, 0.3) is 0 Å². The first-order chi connectivity index (χ1) is 14.2. The topological polar surface area (TPSA) is 60.8 Å². The van der Waals surface area contributed by atoms with Gasteiger partial charge in [0.1, 0.15) is 11.4 Å². The molecule has 2 saturated heterocycles. The van der Waals surface area contributed by atoms with Gasteiger partial charge in [-0.3, -0.25) is 20.2 Å². The summed E-state index contributed by atoms with van der Waals surface area (Å²) in [6.07, 6.45) is 16.2. The number of nitrogens with one attached hydrogen (secondary N) is 1. The Morgan fingerprint density at radius 2 is 1.93 bits per heavy atom. The number of carbonyl (C=O) groups is 1. The van der Waals surface area contributed by atoms with E-state index in [9.17, 15) is 4.79 Å². The summed E-state index contributed by atoms with van der Waals surface area (Å²) in [4.78, 5) is 27.0. The van der Waals surface area contributed by atoms with E-state index in [4.69, 9.17) is 4.99 Å². The number of amidine groups is 1. The Balaban J connectivity index is 1.43. The van der Waals surface area contributed by atoms with Crippen molar-refractivity contribution in [2.24, 2.45) is 10.9 Å². The molecule has 2 aliphatic heterocycles. The summed E-state index contributed by atoms with van der Waals surface area (Å²) < 4.78 is 0. The summed E-state index contributed by atoms with van der Waals surface area (Å²) >= 11 is 0. The van der Waals surface area contributed by atoms with Gasteiger partial charge in [-0.2, -0.15) is 0 Å². The minimum Gasteiger partial charge on any atom is -0.300 e. The third kappa shape index (κ3) is 3.67. The van der Waals surface area contributed by atoms with Crippen molar-refractivity contribution in [1.29, 1.82) is 0 Å². The molecule has 1 spiro atoms. The third-order valence-electron chi connectivity index (χ3n) is 7.41. The molecule has 156 valence electrons. The highest BCUT2D eigenvalue weighted by atomic mass is 16.2. The van der Waals surface area contributed by atoms with Gasteiger partial charge in [0.15, 0.2) is 0 Å². The fraction of sp³-hybridized carbons (Fsp3) is 0.696. The molecule has 1 atom stereocenters. The first kappa shape index (κ1) is 19.0. The standard InChI is InChI=1S/C23H33N5O/c29-22-26-21(25-19-9-4-5-10-19)23(28(22)20-11-6-13-24-15-20)12-14-27(17-23)16-18-7-2-1-3-8-18/h6,11,13,15,18-19H,1-5,7-10,12,14,16-17H2,(H,25,26,29). The highest BCUT2D eigenvalue weighted by Gasteiger charge is 2.55. The number of amides is 2. The van der Waals surface area contributed by atoms with Gasteiger partial charge < -0.3 is 4.90 Å². The molecule has 1 N–H and O–H groups in total. The molecule has 6 heteroatoms.